The number of hydrogen-bond donors (Lipinski definition) is 1. The topological polar surface area (TPSA) is 29.1 Å². The summed E-state index contributed by atoms with van der Waals surface area (Å²) in [5, 5.41) is 3.01. The Bertz CT molecular complexity index is 399. The first-order valence-electron chi connectivity index (χ1n) is 7.01. The third-order valence-electron chi connectivity index (χ3n) is 3.76. The van der Waals surface area contributed by atoms with E-state index in [9.17, 15) is 4.79 Å². The molecule has 1 aliphatic carbocycles. The number of amides is 1. The standard InChI is InChI=1S/C16H23NO/c1-12-9-13(2)11-15(10-12)17-16(18)8-7-14-5-3-4-6-14/h9-11,14H,3-8H2,1-2H3,(H,17,18). The highest BCUT2D eigenvalue weighted by molar-refractivity contribution is 5.90. The summed E-state index contributed by atoms with van der Waals surface area (Å²) in [7, 11) is 0. The smallest absolute Gasteiger partial charge is 0.224 e. The van der Waals surface area contributed by atoms with Crippen LogP contribution in [-0.2, 0) is 4.79 Å². The second kappa shape index (κ2) is 6.03. The number of aryl methyl sites for hydroxylation is 2. The Balaban J connectivity index is 1.82. The number of rotatable bonds is 4. The average Bonchev–Trinajstić information content (AvgIpc) is 2.77. The van der Waals surface area contributed by atoms with E-state index in [1.54, 1.807) is 0 Å². The van der Waals surface area contributed by atoms with Gasteiger partial charge in [-0.15, -0.1) is 0 Å². The molecular weight excluding hydrogens is 222 g/mol. The van der Waals surface area contributed by atoms with E-state index < -0.39 is 0 Å². The quantitative estimate of drug-likeness (QED) is 0.845. The summed E-state index contributed by atoms with van der Waals surface area (Å²) in [6, 6.07) is 6.18. The lowest BCUT2D eigenvalue weighted by molar-refractivity contribution is -0.116. The second-order valence-corrected chi connectivity index (χ2v) is 5.61. The van der Waals surface area contributed by atoms with Crippen molar-refractivity contribution in [2.45, 2.75) is 52.4 Å². The third kappa shape index (κ3) is 3.86. The molecule has 98 valence electrons. The highest BCUT2D eigenvalue weighted by atomic mass is 16.1. The molecule has 1 saturated carbocycles. The van der Waals surface area contributed by atoms with Gasteiger partial charge in [0, 0.05) is 12.1 Å². The fourth-order valence-electron chi connectivity index (χ4n) is 2.90. The van der Waals surface area contributed by atoms with Gasteiger partial charge < -0.3 is 5.32 Å². The van der Waals surface area contributed by atoms with Gasteiger partial charge in [-0.3, -0.25) is 4.79 Å². The first-order chi connectivity index (χ1) is 8.63. The zero-order chi connectivity index (χ0) is 13.0. The van der Waals surface area contributed by atoms with Crippen LogP contribution in [0.15, 0.2) is 18.2 Å². The van der Waals surface area contributed by atoms with E-state index in [0.717, 1.165) is 18.0 Å². The van der Waals surface area contributed by atoms with Gasteiger partial charge in [-0.25, -0.2) is 0 Å². The van der Waals surface area contributed by atoms with Crippen molar-refractivity contribution >= 4 is 11.6 Å². The molecule has 0 aromatic heterocycles. The SMILES string of the molecule is Cc1cc(C)cc(NC(=O)CCC2CCCC2)c1. The molecule has 1 aliphatic rings. The van der Waals surface area contributed by atoms with Crippen molar-refractivity contribution < 1.29 is 4.79 Å². The van der Waals surface area contributed by atoms with Gasteiger partial charge >= 0.3 is 0 Å². The molecule has 0 heterocycles. The highest BCUT2D eigenvalue weighted by Crippen LogP contribution is 2.28. The molecule has 2 heteroatoms. The fourth-order valence-corrected chi connectivity index (χ4v) is 2.90. The minimum atomic E-state index is 0.159. The fraction of sp³-hybridized carbons (Fsp3) is 0.562. The van der Waals surface area contributed by atoms with Crippen LogP contribution in [0.2, 0.25) is 0 Å². The number of hydrogen-bond acceptors (Lipinski definition) is 1. The lowest BCUT2D eigenvalue weighted by Gasteiger charge is -2.10. The minimum Gasteiger partial charge on any atom is -0.326 e. The van der Waals surface area contributed by atoms with E-state index in [1.807, 2.05) is 12.1 Å². The number of carbonyl (C=O) groups excluding carboxylic acids is 1. The van der Waals surface area contributed by atoms with Crippen LogP contribution in [0.3, 0.4) is 0 Å². The first kappa shape index (κ1) is 13.1. The van der Waals surface area contributed by atoms with Crippen LogP contribution in [0.5, 0.6) is 0 Å². The van der Waals surface area contributed by atoms with Crippen LogP contribution in [0, 0.1) is 19.8 Å². The summed E-state index contributed by atoms with van der Waals surface area (Å²) in [5.41, 5.74) is 3.33. The molecule has 0 aliphatic heterocycles. The Morgan fingerprint density at radius 3 is 2.39 bits per heavy atom. The molecule has 0 unspecified atom stereocenters. The molecular formula is C16H23NO. The molecule has 0 spiro atoms. The second-order valence-electron chi connectivity index (χ2n) is 5.61. The van der Waals surface area contributed by atoms with Crippen molar-refractivity contribution in [2.75, 3.05) is 5.32 Å². The minimum absolute atomic E-state index is 0.159. The molecule has 1 N–H and O–H groups in total. The molecule has 0 atom stereocenters. The lowest BCUT2D eigenvalue weighted by atomic mass is 10.0. The van der Waals surface area contributed by atoms with Crippen molar-refractivity contribution in [2.24, 2.45) is 5.92 Å². The zero-order valence-corrected chi connectivity index (χ0v) is 11.5. The van der Waals surface area contributed by atoms with E-state index in [0.29, 0.717) is 6.42 Å². The van der Waals surface area contributed by atoms with Gasteiger partial charge in [-0.2, -0.15) is 0 Å². The number of benzene rings is 1. The van der Waals surface area contributed by atoms with Gasteiger partial charge in [0.05, 0.1) is 0 Å². The van der Waals surface area contributed by atoms with Crippen molar-refractivity contribution in [1.82, 2.24) is 0 Å². The van der Waals surface area contributed by atoms with Crippen LogP contribution in [-0.4, -0.2) is 5.91 Å². The van der Waals surface area contributed by atoms with Crippen LogP contribution >= 0.6 is 0 Å². The largest absolute Gasteiger partial charge is 0.326 e. The van der Waals surface area contributed by atoms with Crippen LogP contribution < -0.4 is 5.32 Å². The van der Waals surface area contributed by atoms with Gasteiger partial charge in [-0.05, 0) is 49.4 Å². The van der Waals surface area contributed by atoms with E-state index in [1.165, 1.54) is 36.8 Å². The normalized spacial score (nSPS) is 15.9. The maximum atomic E-state index is 11.9. The molecule has 2 rings (SSSR count). The van der Waals surface area contributed by atoms with Crippen LogP contribution in [0.1, 0.15) is 49.7 Å². The predicted molar refractivity (Wildman–Crippen MR) is 75.7 cm³/mol. The lowest BCUT2D eigenvalue weighted by Crippen LogP contribution is -2.12. The maximum absolute atomic E-state index is 11.9. The summed E-state index contributed by atoms with van der Waals surface area (Å²) in [4.78, 5) is 11.9. The number of nitrogens with one attached hydrogen (secondary N) is 1. The van der Waals surface area contributed by atoms with Crippen LogP contribution in [0.4, 0.5) is 5.69 Å². The van der Waals surface area contributed by atoms with Gasteiger partial charge in [0.2, 0.25) is 5.91 Å². The van der Waals surface area contributed by atoms with E-state index in [4.69, 9.17) is 0 Å². The Kier molecular flexibility index (Phi) is 4.40. The average molecular weight is 245 g/mol. The molecule has 0 radical (unpaired) electrons. The Morgan fingerprint density at radius 2 is 1.78 bits per heavy atom. The van der Waals surface area contributed by atoms with Crippen molar-refractivity contribution in [3.05, 3.63) is 29.3 Å². The Labute approximate surface area is 110 Å². The predicted octanol–water partition coefficient (Wildman–Crippen LogP) is 4.21. The Morgan fingerprint density at radius 1 is 1.17 bits per heavy atom. The third-order valence-corrected chi connectivity index (χ3v) is 3.76. The maximum Gasteiger partial charge on any atom is 0.224 e. The molecule has 2 nitrogen and oxygen atoms in total. The van der Waals surface area contributed by atoms with Gasteiger partial charge in [0.1, 0.15) is 0 Å². The van der Waals surface area contributed by atoms with Gasteiger partial charge in [-0.1, -0.05) is 31.7 Å². The summed E-state index contributed by atoms with van der Waals surface area (Å²) in [6.07, 6.45) is 7.05. The summed E-state index contributed by atoms with van der Waals surface area (Å²) in [6.45, 7) is 4.11. The van der Waals surface area contributed by atoms with Crippen molar-refractivity contribution in [3.63, 3.8) is 0 Å². The summed E-state index contributed by atoms with van der Waals surface area (Å²) < 4.78 is 0. The highest BCUT2D eigenvalue weighted by Gasteiger charge is 2.16. The van der Waals surface area contributed by atoms with Crippen LogP contribution in [0.25, 0.3) is 0 Å². The van der Waals surface area contributed by atoms with E-state index in [-0.39, 0.29) is 5.91 Å². The zero-order valence-electron chi connectivity index (χ0n) is 11.5. The first-order valence-corrected chi connectivity index (χ1v) is 7.01. The van der Waals surface area contributed by atoms with Gasteiger partial charge in [0.25, 0.3) is 0 Å². The van der Waals surface area contributed by atoms with E-state index in [2.05, 4.69) is 25.2 Å². The monoisotopic (exact) mass is 245 g/mol. The molecule has 1 fully saturated rings. The number of carbonyl (C=O) groups is 1. The molecule has 0 saturated heterocycles. The van der Waals surface area contributed by atoms with E-state index >= 15 is 0 Å². The van der Waals surface area contributed by atoms with Gasteiger partial charge in [0.15, 0.2) is 0 Å². The Hall–Kier alpha value is -1.31. The molecule has 1 aromatic carbocycles. The summed E-state index contributed by atoms with van der Waals surface area (Å²) in [5.74, 6) is 0.946. The number of anilines is 1. The summed E-state index contributed by atoms with van der Waals surface area (Å²) >= 11 is 0. The molecule has 1 aromatic rings. The molecule has 1 amide bonds. The molecule has 18 heavy (non-hydrogen) atoms. The van der Waals surface area contributed by atoms with Crippen molar-refractivity contribution in [1.29, 1.82) is 0 Å². The van der Waals surface area contributed by atoms with Crippen molar-refractivity contribution in [3.8, 4) is 0 Å². The molecule has 0 bridgehead atoms.